The Kier molecular flexibility index (Phi) is 4.19. The predicted octanol–water partition coefficient (Wildman–Crippen LogP) is 1.17. The first-order valence-electron chi connectivity index (χ1n) is 6.52. The van der Waals surface area contributed by atoms with E-state index in [2.05, 4.69) is 10.3 Å². The van der Waals surface area contributed by atoms with Crippen LogP contribution in [0.25, 0.3) is 0 Å². The van der Waals surface area contributed by atoms with E-state index in [1.165, 1.54) is 0 Å². The zero-order valence-corrected chi connectivity index (χ0v) is 11.3. The molecule has 1 aromatic heterocycles. The van der Waals surface area contributed by atoms with Gasteiger partial charge in [0.05, 0.1) is 6.33 Å². The van der Waals surface area contributed by atoms with E-state index in [0.717, 1.165) is 6.33 Å². The maximum atomic E-state index is 12.7. The smallest absolute Gasteiger partial charge is 0.346 e. The first-order valence-corrected chi connectivity index (χ1v) is 6.52. The summed E-state index contributed by atoms with van der Waals surface area (Å²) in [6.07, 6.45) is -2.95. The van der Waals surface area contributed by atoms with Gasteiger partial charge < -0.3 is 15.2 Å². The topological polar surface area (TPSA) is 78.1 Å². The maximum absolute atomic E-state index is 12.7. The summed E-state index contributed by atoms with van der Waals surface area (Å²) in [5.74, 6) is -0.929. The quantitative estimate of drug-likeness (QED) is 0.880. The van der Waals surface area contributed by atoms with Gasteiger partial charge in [-0.05, 0) is 6.42 Å². The van der Waals surface area contributed by atoms with Crippen LogP contribution in [-0.4, -0.2) is 45.8 Å². The second-order valence-corrected chi connectivity index (χ2v) is 4.78. The van der Waals surface area contributed by atoms with Crippen LogP contribution >= 0.6 is 0 Å². The zero-order valence-electron chi connectivity index (χ0n) is 11.3. The van der Waals surface area contributed by atoms with Crippen molar-refractivity contribution >= 4 is 11.8 Å². The fourth-order valence-electron chi connectivity index (χ4n) is 2.26. The van der Waals surface area contributed by atoms with Crippen LogP contribution in [0.15, 0.2) is 6.33 Å². The van der Waals surface area contributed by atoms with Crippen LogP contribution < -0.4 is 5.32 Å². The molecule has 116 valence electrons. The molecule has 2 amide bonds. The monoisotopic (exact) mass is 304 g/mol. The van der Waals surface area contributed by atoms with E-state index < -0.39 is 23.5 Å². The molecule has 21 heavy (non-hydrogen) atoms. The van der Waals surface area contributed by atoms with Gasteiger partial charge in [0.15, 0.2) is 11.4 Å². The summed E-state index contributed by atoms with van der Waals surface area (Å²) < 4.78 is 38.0. The largest absolute Gasteiger partial charge is 0.433 e. The lowest BCUT2D eigenvalue weighted by molar-refractivity contribution is -0.141. The Morgan fingerprint density at radius 2 is 2.24 bits per heavy atom. The number of nitrogens with zero attached hydrogens (tertiary/aromatic N) is 2. The Labute approximate surface area is 118 Å². The lowest BCUT2D eigenvalue weighted by Gasteiger charge is -2.16. The summed E-state index contributed by atoms with van der Waals surface area (Å²) in [5.41, 5.74) is -1.85. The minimum absolute atomic E-state index is 0.0394. The van der Waals surface area contributed by atoms with Crippen LogP contribution in [0, 0.1) is 0 Å². The van der Waals surface area contributed by atoms with Crippen molar-refractivity contribution in [3.8, 4) is 0 Å². The molecule has 9 heteroatoms. The van der Waals surface area contributed by atoms with Gasteiger partial charge in [-0.3, -0.25) is 9.59 Å². The molecule has 0 radical (unpaired) electrons. The SMILES string of the molecule is CCC(=O)N1CCC(NC(=O)c2nc[nH]c2C(F)(F)F)C1. The summed E-state index contributed by atoms with van der Waals surface area (Å²) in [5, 5.41) is 2.49. The average Bonchev–Trinajstić information content (AvgIpc) is 3.05. The normalized spacial score (nSPS) is 18.9. The number of aromatic nitrogens is 2. The summed E-state index contributed by atoms with van der Waals surface area (Å²) in [6.45, 7) is 2.53. The summed E-state index contributed by atoms with van der Waals surface area (Å²) in [6, 6.07) is -0.356. The molecule has 0 saturated carbocycles. The molecule has 1 fully saturated rings. The Bertz CT molecular complexity index is 541. The molecule has 1 saturated heterocycles. The fraction of sp³-hybridized carbons (Fsp3) is 0.583. The third kappa shape index (κ3) is 3.34. The van der Waals surface area contributed by atoms with Gasteiger partial charge in [0, 0.05) is 25.6 Å². The lowest BCUT2D eigenvalue weighted by atomic mass is 10.2. The standard InChI is InChI=1S/C12H15F3N4O2/c1-2-8(20)19-4-3-7(5-19)18-11(21)9-10(12(13,14)15)17-6-16-9/h6-7H,2-5H2,1H3,(H,16,17)(H,18,21). The number of likely N-dealkylation sites (tertiary alicyclic amines) is 1. The Morgan fingerprint density at radius 3 is 2.86 bits per heavy atom. The number of carbonyl (C=O) groups excluding carboxylic acids is 2. The summed E-state index contributed by atoms with van der Waals surface area (Å²) in [4.78, 5) is 30.3. The van der Waals surface area contributed by atoms with Crippen molar-refractivity contribution in [3.63, 3.8) is 0 Å². The number of nitrogens with one attached hydrogen (secondary N) is 2. The van der Waals surface area contributed by atoms with E-state index in [1.54, 1.807) is 11.8 Å². The number of rotatable bonds is 3. The van der Waals surface area contributed by atoms with Crippen LogP contribution in [0.3, 0.4) is 0 Å². The van der Waals surface area contributed by atoms with Gasteiger partial charge in [0.1, 0.15) is 0 Å². The van der Waals surface area contributed by atoms with Crippen LogP contribution in [0.2, 0.25) is 0 Å². The van der Waals surface area contributed by atoms with Crippen LogP contribution in [0.4, 0.5) is 13.2 Å². The van der Waals surface area contributed by atoms with Crippen molar-refractivity contribution in [2.45, 2.75) is 32.0 Å². The zero-order chi connectivity index (χ0) is 15.6. The highest BCUT2D eigenvalue weighted by atomic mass is 19.4. The van der Waals surface area contributed by atoms with E-state index in [4.69, 9.17) is 0 Å². The number of alkyl halides is 3. The van der Waals surface area contributed by atoms with Gasteiger partial charge in [-0.15, -0.1) is 0 Å². The Hall–Kier alpha value is -2.06. The highest BCUT2D eigenvalue weighted by Gasteiger charge is 2.38. The number of amides is 2. The number of imidazole rings is 1. The molecular formula is C12H15F3N4O2. The Morgan fingerprint density at radius 1 is 1.52 bits per heavy atom. The van der Waals surface area contributed by atoms with Gasteiger partial charge >= 0.3 is 6.18 Å². The third-order valence-electron chi connectivity index (χ3n) is 3.32. The second kappa shape index (κ2) is 5.74. The van der Waals surface area contributed by atoms with E-state index >= 15 is 0 Å². The first-order chi connectivity index (χ1) is 9.82. The average molecular weight is 304 g/mol. The number of aromatic amines is 1. The van der Waals surface area contributed by atoms with Crippen molar-refractivity contribution in [1.82, 2.24) is 20.2 Å². The number of hydrogen-bond donors (Lipinski definition) is 2. The van der Waals surface area contributed by atoms with E-state index in [-0.39, 0.29) is 11.9 Å². The van der Waals surface area contributed by atoms with Crippen molar-refractivity contribution in [3.05, 3.63) is 17.7 Å². The molecule has 1 aliphatic rings. The van der Waals surface area contributed by atoms with E-state index in [9.17, 15) is 22.8 Å². The minimum atomic E-state index is -4.66. The Balaban J connectivity index is 2.01. The molecule has 2 rings (SSSR count). The number of halogens is 3. The molecule has 2 N–H and O–H groups in total. The molecule has 1 aromatic rings. The van der Waals surface area contributed by atoms with E-state index in [0.29, 0.717) is 25.9 Å². The molecule has 1 aliphatic heterocycles. The number of hydrogen-bond acceptors (Lipinski definition) is 3. The highest BCUT2D eigenvalue weighted by molar-refractivity contribution is 5.93. The fourth-order valence-corrected chi connectivity index (χ4v) is 2.26. The highest BCUT2D eigenvalue weighted by Crippen LogP contribution is 2.29. The van der Waals surface area contributed by atoms with Crippen molar-refractivity contribution < 1.29 is 22.8 Å². The van der Waals surface area contributed by atoms with Gasteiger partial charge in [0.2, 0.25) is 5.91 Å². The van der Waals surface area contributed by atoms with Crippen molar-refractivity contribution in [2.24, 2.45) is 0 Å². The molecule has 0 spiro atoms. The van der Waals surface area contributed by atoms with Crippen LogP contribution in [0.5, 0.6) is 0 Å². The second-order valence-electron chi connectivity index (χ2n) is 4.78. The molecule has 2 heterocycles. The molecule has 1 atom stereocenters. The molecular weight excluding hydrogens is 289 g/mol. The minimum Gasteiger partial charge on any atom is -0.346 e. The van der Waals surface area contributed by atoms with Gasteiger partial charge in [-0.1, -0.05) is 6.92 Å². The molecule has 0 bridgehead atoms. The molecule has 0 aliphatic carbocycles. The molecule has 0 aromatic carbocycles. The first kappa shape index (κ1) is 15.3. The molecule has 6 nitrogen and oxygen atoms in total. The van der Waals surface area contributed by atoms with Gasteiger partial charge in [-0.25, -0.2) is 4.98 Å². The summed E-state index contributed by atoms with van der Waals surface area (Å²) >= 11 is 0. The maximum Gasteiger partial charge on any atom is 0.433 e. The van der Waals surface area contributed by atoms with Gasteiger partial charge in [0.25, 0.3) is 5.91 Å². The van der Waals surface area contributed by atoms with Crippen LogP contribution in [0.1, 0.15) is 35.9 Å². The van der Waals surface area contributed by atoms with Gasteiger partial charge in [-0.2, -0.15) is 13.2 Å². The lowest BCUT2D eigenvalue weighted by Crippen LogP contribution is -2.39. The van der Waals surface area contributed by atoms with Crippen LogP contribution in [-0.2, 0) is 11.0 Å². The predicted molar refractivity (Wildman–Crippen MR) is 66.3 cm³/mol. The van der Waals surface area contributed by atoms with Crippen molar-refractivity contribution in [2.75, 3.05) is 13.1 Å². The number of carbonyl (C=O) groups is 2. The number of H-pyrrole nitrogens is 1. The molecule has 1 unspecified atom stereocenters. The van der Waals surface area contributed by atoms with Crippen molar-refractivity contribution in [1.29, 1.82) is 0 Å². The van der Waals surface area contributed by atoms with E-state index in [1.807, 2.05) is 4.98 Å². The third-order valence-corrected chi connectivity index (χ3v) is 3.32. The summed E-state index contributed by atoms with van der Waals surface area (Å²) in [7, 11) is 0.